The van der Waals surface area contributed by atoms with E-state index in [1.807, 2.05) is 11.9 Å². The van der Waals surface area contributed by atoms with Gasteiger partial charge >= 0.3 is 6.18 Å². The van der Waals surface area contributed by atoms with E-state index >= 15 is 0 Å². The van der Waals surface area contributed by atoms with Gasteiger partial charge in [0, 0.05) is 40.4 Å². The number of ether oxygens (including phenoxy) is 1. The Bertz CT molecular complexity index is 560. The Balaban J connectivity index is 0.00000338. The van der Waals surface area contributed by atoms with Crippen LogP contribution in [0.1, 0.15) is 30.4 Å². The van der Waals surface area contributed by atoms with E-state index in [0.717, 1.165) is 49.8 Å². The summed E-state index contributed by atoms with van der Waals surface area (Å²) >= 11 is 0. The zero-order chi connectivity index (χ0) is 18.3. The van der Waals surface area contributed by atoms with Gasteiger partial charge in [0.15, 0.2) is 5.96 Å². The summed E-state index contributed by atoms with van der Waals surface area (Å²) in [5.74, 6) is 1.48. The molecule has 26 heavy (non-hydrogen) atoms. The van der Waals surface area contributed by atoms with Crippen LogP contribution in [0.3, 0.4) is 0 Å². The van der Waals surface area contributed by atoms with E-state index in [2.05, 4.69) is 10.3 Å². The Morgan fingerprint density at radius 2 is 1.92 bits per heavy atom. The third-order valence-electron chi connectivity index (χ3n) is 4.07. The van der Waals surface area contributed by atoms with Crippen LogP contribution in [0.2, 0.25) is 0 Å². The molecule has 1 N–H and O–H groups in total. The van der Waals surface area contributed by atoms with Crippen LogP contribution >= 0.6 is 24.0 Å². The van der Waals surface area contributed by atoms with Gasteiger partial charge < -0.3 is 15.0 Å². The molecule has 1 aliphatic carbocycles. The second kappa shape index (κ2) is 11.0. The van der Waals surface area contributed by atoms with Crippen LogP contribution < -0.4 is 5.32 Å². The lowest BCUT2D eigenvalue weighted by Gasteiger charge is -2.22. The molecule has 0 aliphatic heterocycles. The first-order valence-electron chi connectivity index (χ1n) is 8.56. The van der Waals surface area contributed by atoms with Gasteiger partial charge in [0.1, 0.15) is 0 Å². The SMILES string of the molecule is CN=C(NCCCOCC1CC1)N(C)Cc1ccc(C(F)(F)F)cc1.I. The van der Waals surface area contributed by atoms with Crippen LogP contribution in [-0.4, -0.2) is 44.7 Å². The minimum Gasteiger partial charge on any atom is -0.381 e. The summed E-state index contributed by atoms with van der Waals surface area (Å²) in [6, 6.07) is 5.21. The van der Waals surface area contributed by atoms with Crippen molar-refractivity contribution >= 4 is 29.9 Å². The van der Waals surface area contributed by atoms with Crippen molar-refractivity contribution in [3.05, 3.63) is 35.4 Å². The summed E-state index contributed by atoms with van der Waals surface area (Å²) in [4.78, 5) is 6.09. The van der Waals surface area contributed by atoms with E-state index in [0.29, 0.717) is 12.5 Å². The quantitative estimate of drug-likeness (QED) is 0.260. The van der Waals surface area contributed by atoms with Crippen molar-refractivity contribution in [3.63, 3.8) is 0 Å². The average molecular weight is 485 g/mol. The number of guanidine groups is 1. The van der Waals surface area contributed by atoms with Gasteiger partial charge in [-0.3, -0.25) is 4.99 Å². The Morgan fingerprint density at radius 3 is 2.46 bits per heavy atom. The lowest BCUT2D eigenvalue weighted by atomic mass is 10.1. The summed E-state index contributed by atoms with van der Waals surface area (Å²) in [6.45, 7) is 2.82. The molecule has 0 unspecified atom stereocenters. The molecule has 0 heterocycles. The van der Waals surface area contributed by atoms with Crippen molar-refractivity contribution in [2.45, 2.75) is 32.0 Å². The average Bonchev–Trinajstić information content (AvgIpc) is 3.38. The molecule has 0 bridgehead atoms. The lowest BCUT2D eigenvalue weighted by molar-refractivity contribution is -0.137. The molecule has 0 spiro atoms. The first-order chi connectivity index (χ1) is 11.9. The van der Waals surface area contributed by atoms with E-state index in [9.17, 15) is 13.2 Å². The van der Waals surface area contributed by atoms with Gasteiger partial charge in [0.25, 0.3) is 0 Å². The molecule has 0 saturated heterocycles. The van der Waals surface area contributed by atoms with Gasteiger partial charge in [-0.25, -0.2) is 0 Å². The predicted octanol–water partition coefficient (Wildman–Crippen LogP) is 4.15. The molecule has 0 atom stereocenters. The lowest BCUT2D eigenvalue weighted by Crippen LogP contribution is -2.39. The largest absolute Gasteiger partial charge is 0.416 e. The van der Waals surface area contributed by atoms with Crippen molar-refractivity contribution in [3.8, 4) is 0 Å². The Labute approximate surface area is 170 Å². The zero-order valence-corrected chi connectivity index (χ0v) is 17.5. The highest BCUT2D eigenvalue weighted by Crippen LogP contribution is 2.29. The normalized spacial score (nSPS) is 14.7. The molecule has 1 aromatic carbocycles. The van der Waals surface area contributed by atoms with Crippen LogP contribution in [0.15, 0.2) is 29.3 Å². The third kappa shape index (κ3) is 8.11. The molecule has 0 amide bonds. The van der Waals surface area contributed by atoms with Gasteiger partial charge in [0.2, 0.25) is 0 Å². The molecule has 1 aliphatic rings. The highest BCUT2D eigenvalue weighted by Gasteiger charge is 2.29. The van der Waals surface area contributed by atoms with Crippen LogP contribution in [0.25, 0.3) is 0 Å². The van der Waals surface area contributed by atoms with Gasteiger partial charge in [0.05, 0.1) is 5.56 Å². The molecule has 148 valence electrons. The van der Waals surface area contributed by atoms with Crippen molar-refractivity contribution in [1.29, 1.82) is 0 Å². The number of halogens is 4. The minimum absolute atomic E-state index is 0. The zero-order valence-electron chi connectivity index (χ0n) is 15.2. The monoisotopic (exact) mass is 485 g/mol. The summed E-state index contributed by atoms with van der Waals surface area (Å²) in [6.07, 6.45) is -0.831. The van der Waals surface area contributed by atoms with Crippen LogP contribution in [0.5, 0.6) is 0 Å². The maximum Gasteiger partial charge on any atom is 0.416 e. The summed E-state index contributed by atoms with van der Waals surface area (Å²) < 4.78 is 43.4. The van der Waals surface area contributed by atoms with Crippen LogP contribution in [0, 0.1) is 5.92 Å². The summed E-state index contributed by atoms with van der Waals surface area (Å²) in [5, 5.41) is 3.24. The number of alkyl halides is 3. The standard InChI is InChI=1S/C18H26F3N3O.HI/c1-22-17(23-10-3-11-25-13-15-4-5-15)24(2)12-14-6-8-16(9-7-14)18(19,20)21;/h6-9,15H,3-5,10-13H2,1-2H3,(H,22,23);1H. The van der Waals surface area contributed by atoms with Gasteiger partial charge in [-0.2, -0.15) is 13.2 Å². The molecule has 1 saturated carbocycles. The van der Waals surface area contributed by atoms with E-state index in [4.69, 9.17) is 4.74 Å². The summed E-state index contributed by atoms with van der Waals surface area (Å²) in [7, 11) is 3.55. The molecular weight excluding hydrogens is 458 g/mol. The van der Waals surface area contributed by atoms with Gasteiger partial charge in [-0.15, -0.1) is 24.0 Å². The molecule has 8 heteroatoms. The number of hydrogen-bond acceptors (Lipinski definition) is 2. The van der Waals surface area contributed by atoms with Crippen molar-refractivity contribution < 1.29 is 17.9 Å². The Kier molecular flexibility index (Phi) is 9.70. The number of nitrogens with zero attached hydrogens (tertiary/aromatic N) is 2. The fraction of sp³-hybridized carbons (Fsp3) is 0.611. The summed E-state index contributed by atoms with van der Waals surface area (Å²) in [5.41, 5.74) is 0.166. The maximum absolute atomic E-state index is 12.6. The molecule has 0 radical (unpaired) electrons. The molecular formula is C18H27F3IN3O. The maximum atomic E-state index is 12.6. The fourth-order valence-electron chi connectivity index (χ4n) is 2.44. The molecule has 4 nitrogen and oxygen atoms in total. The number of benzene rings is 1. The van der Waals surface area contributed by atoms with E-state index < -0.39 is 11.7 Å². The topological polar surface area (TPSA) is 36.9 Å². The molecule has 0 aromatic heterocycles. The molecule has 2 rings (SSSR count). The van der Waals surface area contributed by atoms with Gasteiger partial charge in [-0.05, 0) is 42.9 Å². The first kappa shape index (κ1) is 23.0. The van der Waals surface area contributed by atoms with Crippen LogP contribution in [0.4, 0.5) is 13.2 Å². The third-order valence-corrected chi connectivity index (χ3v) is 4.07. The van der Waals surface area contributed by atoms with Gasteiger partial charge in [-0.1, -0.05) is 12.1 Å². The first-order valence-corrected chi connectivity index (χ1v) is 8.56. The highest BCUT2D eigenvalue weighted by atomic mass is 127. The van der Waals surface area contributed by atoms with E-state index in [1.165, 1.54) is 25.0 Å². The molecule has 1 fully saturated rings. The highest BCUT2D eigenvalue weighted by molar-refractivity contribution is 14.0. The number of aliphatic imine (C=N–C) groups is 1. The molecule has 1 aromatic rings. The second-order valence-electron chi connectivity index (χ2n) is 6.40. The number of rotatable bonds is 8. The van der Waals surface area contributed by atoms with Crippen molar-refractivity contribution in [2.75, 3.05) is 33.9 Å². The Hall–Kier alpha value is -1.03. The van der Waals surface area contributed by atoms with Crippen molar-refractivity contribution in [1.82, 2.24) is 10.2 Å². The van der Waals surface area contributed by atoms with E-state index in [1.54, 1.807) is 7.05 Å². The van der Waals surface area contributed by atoms with Crippen molar-refractivity contribution in [2.24, 2.45) is 10.9 Å². The van der Waals surface area contributed by atoms with Crippen LogP contribution in [-0.2, 0) is 17.5 Å². The fourth-order valence-corrected chi connectivity index (χ4v) is 2.44. The Morgan fingerprint density at radius 1 is 1.27 bits per heavy atom. The van der Waals surface area contributed by atoms with E-state index in [-0.39, 0.29) is 24.0 Å². The minimum atomic E-state index is -4.30. The smallest absolute Gasteiger partial charge is 0.381 e. The number of nitrogens with one attached hydrogen (secondary N) is 1. The second-order valence-corrected chi connectivity index (χ2v) is 6.40. The number of hydrogen-bond donors (Lipinski definition) is 1. The predicted molar refractivity (Wildman–Crippen MR) is 108 cm³/mol.